The lowest BCUT2D eigenvalue weighted by Crippen LogP contribution is -2.45. The molecule has 1 aliphatic rings. The number of carbonyl (C=O) groups is 1. The molecule has 1 atom stereocenters. The number of nitrogens with zero attached hydrogens (tertiary/aromatic N) is 4. The van der Waals surface area contributed by atoms with Crippen LogP contribution in [0, 0.1) is 5.82 Å². The molecule has 5 rings (SSSR count). The molecule has 3 heterocycles. The van der Waals surface area contributed by atoms with Crippen molar-refractivity contribution in [3.05, 3.63) is 90.5 Å². The molecule has 3 N–H and O–H groups in total. The van der Waals surface area contributed by atoms with Crippen LogP contribution in [-0.4, -0.2) is 44.9 Å². The number of rotatable bonds is 8. The number of oxazole rings is 1. The van der Waals surface area contributed by atoms with Crippen LogP contribution in [0.5, 0.6) is 0 Å². The topological polar surface area (TPSA) is 108 Å². The molecule has 1 aliphatic heterocycles. The maximum Gasteiger partial charge on any atom is 0.253 e. The van der Waals surface area contributed by atoms with Gasteiger partial charge in [0.2, 0.25) is 11.8 Å². The first-order valence-corrected chi connectivity index (χ1v) is 12.2. The number of likely N-dealkylation sites (tertiary alicyclic amines) is 1. The number of halogens is 1. The number of carbonyl (C=O) groups excluding carboxylic acids is 1. The molecule has 1 saturated heterocycles. The molecule has 9 nitrogen and oxygen atoms in total. The van der Waals surface area contributed by atoms with E-state index < -0.39 is 0 Å². The summed E-state index contributed by atoms with van der Waals surface area (Å²) in [6.07, 6.45) is 6.59. The van der Waals surface area contributed by atoms with Crippen molar-refractivity contribution in [2.75, 3.05) is 23.7 Å². The first-order valence-electron chi connectivity index (χ1n) is 12.2. The number of anilines is 4. The van der Waals surface area contributed by atoms with Gasteiger partial charge in [0.1, 0.15) is 17.9 Å². The zero-order valence-electron chi connectivity index (χ0n) is 20.4. The average molecular weight is 502 g/mol. The van der Waals surface area contributed by atoms with Gasteiger partial charge < -0.3 is 25.3 Å². The molecule has 0 spiro atoms. The molecule has 1 fully saturated rings. The molecule has 2 aromatic carbocycles. The van der Waals surface area contributed by atoms with Gasteiger partial charge in [-0.3, -0.25) is 4.79 Å². The Labute approximate surface area is 214 Å². The van der Waals surface area contributed by atoms with Crippen molar-refractivity contribution >= 4 is 29.0 Å². The van der Waals surface area contributed by atoms with Crippen LogP contribution in [0.3, 0.4) is 0 Å². The van der Waals surface area contributed by atoms with E-state index in [1.54, 1.807) is 49.0 Å². The molecule has 0 radical (unpaired) electrons. The van der Waals surface area contributed by atoms with Crippen LogP contribution in [0.15, 0.2) is 77.7 Å². The molecule has 10 heteroatoms. The summed E-state index contributed by atoms with van der Waals surface area (Å²) in [7, 11) is 0. The summed E-state index contributed by atoms with van der Waals surface area (Å²) in [5.74, 6) is 1.37. The fraction of sp³-hybridized carbons (Fsp3) is 0.259. The number of piperidine rings is 1. The van der Waals surface area contributed by atoms with Gasteiger partial charge in [-0.15, -0.1) is 0 Å². The molecular weight excluding hydrogens is 473 g/mol. The average Bonchev–Trinajstić information content (AvgIpc) is 3.46. The van der Waals surface area contributed by atoms with Crippen molar-refractivity contribution in [2.24, 2.45) is 0 Å². The van der Waals surface area contributed by atoms with Gasteiger partial charge in [-0.1, -0.05) is 0 Å². The van der Waals surface area contributed by atoms with E-state index in [9.17, 15) is 9.18 Å². The smallest absolute Gasteiger partial charge is 0.253 e. The second-order valence-corrected chi connectivity index (χ2v) is 8.92. The molecule has 1 unspecified atom stereocenters. The summed E-state index contributed by atoms with van der Waals surface area (Å²) in [4.78, 5) is 27.8. The molecule has 37 heavy (non-hydrogen) atoms. The monoisotopic (exact) mass is 501 g/mol. The maximum atomic E-state index is 13.1. The minimum atomic E-state index is -0.299. The van der Waals surface area contributed by atoms with Gasteiger partial charge in [-0.05, 0) is 74.4 Å². The molecule has 2 aromatic heterocycles. The Morgan fingerprint density at radius 2 is 1.68 bits per heavy atom. The van der Waals surface area contributed by atoms with Crippen LogP contribution in [0.2, 0.25) is 0 Å². The number of aromatic nitrogens is 3. The van der Waals surface area contributed by atoms with Crippen LogP contribution in [-0.2, 0) is 0 Å². The zero-order valence-corrected chi connectivity index (χ0v) is 20.4. The van der Waals surface area contributed by atoms with Crippen LogP contribution in [0.4, 0.5) is 27.5 Å². The van der Waals surface area contributed by atoms with Crippen molar-refractivity contribution in [1.82, 2.24) is 25.2 Å². The number of nitrogens with one attached hydrogen (secondary N) is 3. The van der Waals surface area contributed by atoms with E-state index in [0.717, 1.165) is 24.2 Å². The minimum Gasteiger partial charge on any atom is -0.447 e. The van der Waals surface area contributed by atoms with Crippen LogP contribution >= 0.6 is 0 Å². The summed E-state index contributed by atoms with van der Waals surface area (Å²) >= 11 is 0. The van der Waals surface area contributed by atoms with Crippen molar-refractivity contribution in [2.45, 2.75) is 31.8 Å². The predicted molar refractivity (Wildman–Crippen MR) is 138 cm³/mol. The molecule has 4 aromatic rings. The molecule has 0 aliphatic carbocycles. The third-order valence-corrected chi connectivity index (χ3v) is 6.25. The lowest BCUT2D eigenvalue weighted by Gasteiger charge is -2.33. The summed E-state index contributed by atoms with van der Waals surface area (Å²) in [5.41, 5.74) is 2.12. The highest BCUT2D eigenvalue weighted by molar-refractivity contribution is 5.94. The first-order chi connectivity index (χ1) is 18.0. The van der Waals surface area contributed by atoms with Crippen molar-refractivity contribution in [3.63, 3.8) is 0 Å². The third kappa shape index (κ3) is 6.28. The lowest BCUT2D eigenvalue weighted by molar-refractivity contribution is 0.0701. The van der Waals surface area contributed by atoms with E-state index in [4.69, 9.17) is 4.42 Å². The highest BCUT2D eigenvalue weighted by Gasteiger charge is 2.25. The highest BCUT2D eigenvalue weighted by Crippen LogP contribution is 2.21. The van der Waals surface area contributed by atoms with E-state index in [2.05, 4.69) is 30.9 Å². The van der Waals surface area contributed by atoms with Gasteiger partial charge in [-0.2, -0.15) is 4.98 Å². The molecule has 0 bridgehead atoms. The van der Waals surface area contributed by atoms with Crippen LogP contribution in [0.1, 0.15) is 42.1 Å². The largest absolute Gasteiger partial charge is 0.447 e. The highest BCUT2D eigenvalue weighted by atomic mass is 19.1. The maximum absolute atomic E-state index is 13.1. The Hall–Kier alpha value is -4.31. The Balaban J connectivity index is 1.13. The van der Waals surface area contributed by atoms with E-state index in [1.165, 1.54) is 12.1 Å². The van der Waals surface area contributed by atoms with Gasteiger partial charge in [0, 0.05) is 42.3 Å². The Morgan fingerprint density at radius 3 is 2.38 bits per heavy atom. The van der Waals surface area contributed by atoms with Gasteiger partial charge in [-0.25, -0.2) is 14.4 Å². The summed E-state index contributed by atoms with van der Waals surface area (Å²) in [6, 6.07) is 15.4. The van der Waals surface area contributed by atoms with Gasteiger partial charge in [0.05, 0.1) is 12.2 Å². The molecule has 190 valence electrons. The van der Waals surface area contributed by atoms with Gasteiger partial charge >= 0.3 is 0 Å². The minimum absolute atomic E-state index is 0.0208. The molecular formula is C27H28FN7O2. The Bertz CT molecular complexity index is 1310. The Morgan fingerprint density at radius 1 is 0.973 bits per heavy atom. The molecule has 0 saturated carbocycles. The third-order valence-electron chi connectivity index (χ3n) is 6.25. The number of hydrogen-bond donors (Lipinski definition) is 3. The zero-order chi connectivity index (χ0) is 25.6. The van der Waals surface area contributed by atoms with E-state index in [0.29, 0.717) is 42.4 Å². The van der Waals surface area contributed by atoms with Crippen molar-refractivity contribution in [3.8, 4) is 0 Å². The number of hydrogen-bond acceptors (Lipinski definition) is 8. The second-order valence-electron chi connectivity index (χ2n) is 8.92. The summed E-state index contributed by atoms with van der Waals surface area (Å²) < 4.78 is 18.5. The fourth-order valence-corrected chi connectivity index (χ4v) is 4.30. The molecule has 1 amide bonds. The predicted octanol–water partition coefficient (Wildman–Crippen LogP) is 5.05. The second kappa shape index (κ2) is 11.2. The summed E-state index contributed by atoms with van der Waals surface area (Å²) in [6.45, 7) is 3.41. The fourth-order valence-electron chi connectivity index (χ4n) is 4.30. The quantitative estimate of drug-likeness (QED) is 0.308. The van der Waals surface area contributed by atoms with Gasteiger partial charge in [0.15, 0.2) is 0 Å². The van der Waals surface area contributed by atoms with Gasteiger partial charge in [0.25, 0.3) is 5.91 Å². The van der Waals surface area contributed by atoms with Crippen molar-refractivity contribution in [1.29, 1.82) is 0 Å². The summed E-state index contributed by atoms with van der Waals surface area (Å²) in [5, 5.41) is 9.81. The standard InChI is InChI=1S/C27H28FN7O2/c1-18(25-29-14-17-37-25)31-23-11-15-35(16-12-23)26(36)19-2-6-22(7-3-19)33-27-30-13-10-24(34-27)32-21-8-4-20(28)5-9-21/h2-10,13-14,17-18,23,31H,11-12,15-16H2,1H3,(H2,30,32,33,34). The Kier molecular flexibility index (Phi) is 7.36. The van der Waals surface area contributed by atoms with Crippen LogP contribution in [0.25, 0.3) is 0 Å². The number of benzene rings is 2. The van der Waals surface area contributed by atoms with E-state index >= 15 is 0 Å². The SMILES string of the molecule is CC(NC1CCN(C(=O)c2ccc(Nc3nccc(Nc4ccc(F)cc4)n3)cc2)CC1)c1ncco1. The normalized spacial score (nSPS) is 14.8. The number of amides is 1. The first kappa shape index (κ1) is 24.4. The van der Waals surface area contributed by atoms with E-state index in [1.807, 2.05) is 24.0 Å². The van der Waals surface area contributed by atoms with E-state index in [-0.39, 0.29) is 17.8 Å². The van der Waals surface area contributed by atoms with Crippen molar-refractivity contribution < 1.29 is 13.6 Å². The van der Waals surface area contributed by atoms with Crippen LogP contribution < -0.4 is 16.0 Å². The lowest BCUT2D eigenvalue weighted by atomic mass is 10.0.